The number of ether oxygens (including phenoxy) is 2. The molecule has 1 N–H and O–H groups in total. The Hall–Kier alpha value is -2.28. The minimum absolute atomic E-state index is 0.0440. The number of nitrogens with zero attached hydrogens (tertiary/aromatic N) is 2. The van der Waals surface area contributed by atoms with Crippen molar-refractivity contribution in [3.63, 3.8) is 0 Å². The lowest BCUT2D eigenvalue weighted by atomic mass is 9.90. The van der Waals surface area contributed by atoms with Crippen LogP contribution in [0.4, 0.5) is 4.79 Å². The number of rotatable bonds is 4. The second-order valence-corrected chi connectivity index (χ2v) is 8.08. The van der Waals surface area contributed by atoms with E-state index >= 15 is 0 Å². The number of carbonyl (C=O) groups is 2. The summed E-state index contributed by atoms with van der Waals surface area (Å²) >= 11 is 0. The van der Waals surface area contributed by atoms with Gasteiger partial charge in [0.1, 0.15) is 5.54 Å². The van der Waals surface area contributed by atoms with E-state index in [1.54, 1.807) is 14.2 Å². The Balaban J connectivity index is 1.48. The number of fused-ring (bicyclic) bond motifs is 1. The highest BCUT2D eigenvalue weighted by atomic mass is 16.5. The first kappa shape index (κ1) is 19.1. The Labute approximate surface area is 166 Å². The van der Waals surface area contributed by atoms with Gasteiger partial charge in [-0.15, -0.1) is 0 Å². The van der Waals surface area contributed by atoms with E-state index in [0.717, 1.165) is 62.8 Å². The van der Waals surface area contributed by atoms with Crippen LogP contribution in [0.5, 0.6) is 11.5 Å². The Morgan fingerprint density at radius 3 is 2.29 bits per heavy atom. The van der Waals surface area contributed by atoms with Crippen molar-refractivity contribution >= 4 is 11.9 Å². The fourth-order valence-electron chi connectivity index (χ4n) is 4.74. The molecule has 28 heavy (non-hydrogen) atoms. The lowest BCUT2D eigenvalue weighted by molar-refractivity contribution is -0.133. The molecule has 0 bridgehead atoms. The van der Waals surface area contributed by atoms with E-state index in [4.69, 9.17) is 9.47 Å². The van der Waals surface area contributed by atoms with Crippen LogP contribution in [0.25, 0.3) is 0 Å². The van der Waals surface area contributed by atoms with Crippen LogP contribution < -0.4 is 14.8 Å². The number of benzene rings is 1. The smallest absolute Gasteiger partial charge is 0.326 e. The molecule has 152 valence electrons. The molecule has 4 rings (SSSR count). The molecule has 2 fully saturated rings. The van der Waals surface area contributed by atoms with Crippen LogP contribution in [0, 0.1) is 0 Å². The molecule has 1 saturated carbocycles. The molecule has 1 spiro atoms. The van der Waals surface area contributed by atoms with E-state index < -0.39 is 5.54 Å². The Morgan fingerprint density at radius 2 is 1.64 bits per heavy atom. The van der Waals surface area contributed by atoms with Crippen LogP contribution in [0.15, 0.2) is 12.1 Å². The molecular formula is C21H29N3O4. The predicted molar refractivity (Wildman–Crippen MR) is 104 cm³/mol. The van der Waals surface area contributed by atoms with E-state index in [-0.39, 0.29) is 11.9 Å². The van der Waals surface area contributed by atoms with Gasteiger partial charge in [-0.25, -0.2) is 9.69 Å². The summed E-state index contributed by atoms with van der Waals surface area (Å²) in [5, 5.41) is 3.03. The summed E-state index contributed by atoms with van der Waals surface area (Å²) in [6.45, 7) is 1.81. The van der Waals surface area contributed by atoms with Gasteiger partial charge in [0, 0.05) is 13.1 Å². The number of nitrogens with one attached hydrogen (secondary N) is 1. The summed E-state index contributed by atoms with van der Waals surface area (Å²) in [6.07, 6.45) is 6.64. The maximum atomic E-state index is 13.1. The number of imide groups is 1. The van der Waals surface area contributed by atoms with Gasteiger partial charge in [-0.3, -0.25) is 9.69 Å². The van der Waals surface area contributed by atoms with Crippen molar-refractivity contribution in [2.75, 3.05) is 27.4 Å². The quantitative estimate of drug-likeness (QED) is 0.805. The maximum absolute atomic E-state index is 13.1. The number of amides is 3. The lowest BCUT2D eigenvalue weighted by Crippen LogP contribution is -2.48. The van der Waals surface area contributed by atoms with Crippen LogP contribution >= 0.6 is 0 Å². The van der Waals surface area contributed by atoms with Gasteiger partial charge in [-0.1, -0.05) is 25.7 Å². The summed E-state index contributed by atoms with van der Waals surface area (Å²) < 4.78 is 10.8. The van der Waals surface area contributed by atoms with Crippen molar-refractivity contribution in [2.45, 2.75) is 57.0 Å². The Morgan fingerprint density at radius 1 is 1.00 bits per heavy atom. The SMILES string of the molecule is COc1cc2c(cc1OC)CN(CN1C(=O)NC3(CCCCCC3)C1=O)CC2. The van der Waals surface area contributed by atoms with Gasteiger partial charge < -0.3 is 14.8 Å². The largest absolute Gasteiger partial charge is 0.493 e. The summed E-state index contributed by atoms with van der Waals surface area (Å²) in [6, 6.07) is 3.78. The molecule has 0 atom stereocenters. The van der Waals surface area contributed by atoms with Crippen molar-refractivity contribution < 1.29 is 19.1 Å². The molecule has 2 aliphatic heterocycles. The molecule has 1 aromatic carbocycles. The first-order valence-corrected chi connectivity index (χ1v) is 10.2. The molecule has 1 aromatic rings. The second kappa shape index (κ2) is 7.62. The monoisotopic (exact) mass is 387 g/mol. The van der Waals surface area contributed by atoms with Gasteiger partial charge in [0.2, 0.25) is 0 Å². The zero-order chi connectivity index (χ0) is 19.7. The number of methoxy groups -OCH3 is 2. The second-order valence-electron chi connectivity index (χ2n) is 8.08. The minimum atomic E-state index is -0.669. The normalized spacial score (nSPS) is 22.0. The highest BCUT2D eigenvalue weighted by molar-refractivity contribution is 6.07. The van der Waals surface area contributed by atoms with Crippen LogP contribution in [0.2, 0.25) is 0 Å². The van der Waals surface area contributed by atoms with Crippen molar-refractivity contribution in [2.24, 2.45) is 0 Å². The molecule has 3 aliphatic rings. The summed E-state index contributed by atoms with van der Waals surface area (Å²) in [7, 11) is 3.27. The molecule has 7 heteroatoms. The first-order chi connectivity index (χ1) is 13.6. The van der Waals surface area contributed by atoms with Crippen molar-refractivity contribution in [3.05, 3.63) is 23.3 Å². The fraction of sp³-hybridized carbons (Fsp3) is 0.619. The van der Waals surface area contributed by atoms with Gasteiger partial charge >= 0.3 is 6.03 Å². The van der Waals surface area contributed by atoms with Gasteiger partial charge in [-0.2, -0.15) is 0 Å². The zero-order valence-electron chi connectivity index (χ0n) is 16.8. The molecule has 0 unspecified atom stereocenters. The average molecular weight is 387 g/mol. The zero-order valence-corrected chi connectivity index (χ0v) is 16.8. The molecule has 3 amide bonds. The van der Waals surface area contributed by atoms with Crippen LogP contribution in [-0.2, 0) is 17.8 Å². The minimum Gasteiger partial charge on any atom is -0.493 e. The molecule has 0 radical (unpaired) electrons. The van der Waals surface area contributed by atoms with Crippen LogP contribution in [-0.4, -0.2) is 54.7 Å². The summed E-state index contributed by atoms with van der Waals surface area (Å²) in [5.74, 6) is 1.40. The van der Waals surface area contributed by atoms with Crippen molar-refractivity contribution in [1.82, 2.24) is 15.1 Å². The lowest BCUT2D eigenvalue weighted by Gasteiger charge is -2.32. The van der Waals surface area contributed by atoms with E-state index in [1.165, 1.54) is 10.5 Å². The number of carbonyl (C=O) groups excluding carboxylic acids is 2. The van der Waals surface area contributed by atoms with Gasteiger partial charge in [-0.05, 0) is 42.5 Å². The molecule has 2 heterocycles. The van der Waals surface area contributed by atoms with E-state index in [0.29, 0.717) is 19.0 Å². The van der Waals surface area contributed by atoms with Gasteiger partial charge in [0.05, 0.1) is 20.9 Å². The molecule has 0 aromatic heterocycles. The van der Waals surface area contributed by atoms with Crippen LogP contribution in [0.1, 0.15) is 49.7 Å². The first-order valence-electron chi connectivity index (χ1n) is 10.2. The van der Waals surface area contributed by atoms with Crippen LogP contribution in [0.3, 0.4) is 0 Å². The third-order valence-corrected chi connectivity index (χ3v) is 6.34. The topological polar surface area (TPSA) is 71.1 Å². The maximum Gasteiger partial charge on any atom is 0.326 e. The third-order valence-electron chi connectivity index (χ3n) is 6.34. The molecular weight excluding hydrogens is 358 g/mol. The average Bonchev–Trinajstić information content (AvgIpc) is 2.87. The number of urea groups is 1. The highest BCUT2D eigenvalue weighted by Crippen LogP contribution is 2.35. The van der Waals surface area contributed by atoms with Crippen molar-refractivity contribution in [1.29, 1.82) is 0 Å². The third kappa shape index (κ3) is 3.32. The summed E-state index contributed by atoms with van der Waals surface area (Å²) in [5.41, 5.74) is 1.71. The Kier molecular flexibility index (Phi) is 5.19. The van der Waals surface area contributed by atoms with Gasteiger partial charge in [0.25, 0.3) is 5.91 Å². The predicted octanol–water partition coefficient (Wildman–Crippen LogP) is 2.66. The number of hydrogen-bond donors (Lipinski definition) is 1. The Bertz CT molecular complexity index is 771. The molecule has 7 nitrogen and oxygen atoms in total. The van der Waals surface area contributed by atoms with E-state index in [1.807, 2.05) is 12.1 Å². The molecule has 1 saturated heterocycles. The van der Waals surface area contributed by atoms with E-state index in [2.05, 4.69) is 10.2 Å². The highest BCUT2D eigenvalue weighted by Gasteiger charge is 2.51. The van der Waals surface area contributed by atoms with Gasteiger partial charge in [0.15, 0.2) is 11.5 Å². The van der Waals surface area contributed by atoms with E-state index in [9.17, 15) is 9.59 Å². The number of hydrogen-bond acceptors (Lipinski definition) is 5. The summed E-state index contributed by atoms with van der Waals surface area (Å²) in [4.78, 5) is 29.3. The standard InChI is InChI=1S/C21H29N3O4/c1-27-17-11-15-7-10-23(13-16(15)12-18(17)28-2)14-24-19(25)21(22-20(24)26)8-5-3-4-6-9-21/h11-12H,3-10,13-14H2,1-2H3,(H,22,26). The fourth-order valence-corrected chi connectivity index (χ4v) is 4.74. The van der Waals surface area contributed by atoms with Crippen molar-refractivity contribution in [3.8, 4) is 11.5 Å². The molecule has 1 aliphatic carbocycles.